The second-order valence-electron chi connectivity index (χ2n) is 3.39. The van der Waals surface area contributed by atoms with Gasteiger partial charge in [-0.15, -0.1) is 0 Å². The molecule has 0 aliphatic rings. The number of nitrogens with one attached hydrogen (secondary N) is 1. The van der Waals surface area contributed by atoms with E-state index in [4.69, 9.17) is 4.74 Å². The fourth-order valence-corrected chi connectivity index (χ4v) is 1.61. The summed E-state index contributed by atoms with van der Waals surface area (Å²) < 4.78 is 43.3. The Hall–Kier alpha value is -1.98. The van der Waals surface area contributed by atoms with Gasteiger partial charge in [-0.2, -0.15) is 0 Å². The van der Waals surface area contributed by atoms with E-state index in [0.717, 1.165) is 12.1 Å². The van der Waals surface area contributed by atoms with Gasteiger partial charge in [-0.05, 0) is 12.1 Å². The Morgan fingerprint density at radius 3 is 2.65 bits per heavy atom. The number of aromatic amines is 1. The molecule has 1 N–H and O–H groups in total. The number of ether oxygens (including phenoxy) is 1. The van der Waals surface area contributed by atoms with Gasteiger partial charge in [-0.1, -0.05) is 0 Å². The van der Waals surface area contributed by atoms with Crippen LogP contribution < -0.4 is 10.2 Å². The molecule has 0 aliphatic carbocycles. The second-order valence-corrected chi connectivity index (χ2v) is 3.39. The number of hydrogen-bond donors (Lipinski definition) is 1. The van der Waals surface area contributed by atoms with Crippen molar-refractivity contribution in [3.63, 3.8) is 0 Å². The summed E-state index contributed by atoms with van der Waals surface area (Å²) in [5.41, 5.74) is -1.59. The van der Waals surface area contributed by atoms with E-state index in [2.05, 4.69) is 4.98 Å². The summed E-state index contributed by atoms with van der Waals surface area (Å²) in [6, 6.07) is 3.07. The van der Waals surface area contributed by atoms with Crippen LogP contribution >= 0.6 is 0 Å². The van der Waals surface area contributed by atoms with Crippen LogP contribution in [0, 0.1) is 5.82 Å². The van der Waals surface area contributed by atoms with Crippen LogP contribution in [-0.4, -0.2) is 12.1 Å². The van der Waals surface area contributed by atoms with Crippen molar-refractivity contribution < 1.29 is 17.9 Å². The van der Waals surface area contributed by atoms with Gasteiger partial charge in [0.15, 0.2) is 5.43 Å². The molecule has 0 atom stereocenters. The number of alkyl halides is 2. The van der Waals surface area contributed by atoms with Crippen molar-refractivity contribution in [3.05, 3.63) is 39.9 Å². The van der Waals surface area contributed by atoms with Gasteiger partial charge < -0.3 is 9.72 Å². The van der Waals surface area contributed by atoms with Gasteiger partial charge in [0.25, 0.3) is 6.43 Å². The normalized spacial score (nSPS) is 11.1. The minimum atomic E-state index is -2.86. The van der Waals surface area contributed by atoms with Crippen molar-refractivity contribution in [2.75, 3.05) is 7.11 Å². The molecule has 90 valence electrons. The number of benzene rings is 1. The van der Waals surface area contributed by atoms with Crippen molar-refractivity contribution in [2.24, 2.45) is 0 Å². The minimum Gasteiger partial charge on any atom is -0.496 e. The Labute approximate surface area is 93.8 Å². The van der Waals surface area contributed by atoms with Gasteiger partial charge in [0.1, 0.15) is 11.6 Å². The summed E-state index contributed by atoms with van der Waals surface area (Å²) in [5.74, 6) is -0.635. The van der Waals surface area contributed by atoms with Crippen molar-refractivity contribution in [1.29, 1.82) is 0 Å². The lowest BCUT2D eigenvalue weighted by molar-refractivity contribution is 0.146. The van der Waals surface area contributed by atoms with Gasteiger partial charge in [-0.3, -0.25) is 4.79 Å². The lowest BCUT2D eigenvalue weighted by Crippen LogP contribution is -2.08. The predicted octanol–water partition coefficient (Wildman–Crippen LogP) is 2.61. The molecule has 0 fully saturated rings. The van der Waals surface area contributed by atoms with E-state index in [1.807, 2.05) is 0 Å². The van der Waals surface area contributed by atoms with E-state index in [9.17, 15) is 18.0 Å². The molecule has 0 radical (unpaired) electrons. The Morgan fingerprint density at radius 2 is 2.06 bits per heavy atom. The first-order valence-corrected chi connectivity index (χ1v) is 4.72. The molecule has 2 aromatic rings. The molecule has 3 nitrogen and oxygen atoms in total. The molecule has 6 heteroatoms. The number of rotatable bonds is 2. The predicted molar refractivity (Wildman–Crippen MR) is 56.0 cm³/mol. The number of hydrogen-bond acceptors (Lipinski definition) is 2. The summed E-state index contributed by atoms with van der Waals surface area (Å²) in [5, 5.41) is -0.0723. The van der Waals surface area contributed by atoms with Crippen LogP contribution in [0.2, 0.25) is 0 Å². The number of methoxy groups -OCH3 is 1. The Kier molecular flexibility index (Phi) is 2.79. The van der Waals surface area contributed by atoms with Crippen LogP contribution in [0.3, 0.4) is 0 Å². The maximum atomic E-state index is 13.5. The quantitative estimate of drug-likeness (QED) is 0.880. The standard InChI is InChI=1S/C11H8F3NO2/c1-17-8-3-2-5(12)10-9(8)7(16)4-6(15-10)11(13)14/h2-4,11H,1H3,(H,15,16). The maximum absolute atomic E-state index is 13.5. The van der Waals surface area contributed by atoms with Gasteiger partial charge >= 0.3 is 0 Å². The first-order valence-electron chi connectivity index (χ1n) is 4.72. The highest BCUT2D eigenvalue weighted by Crippen LogP contribution is 2.25. The fourth-order valence-electron chi connectivity index (χ4n) is 1.61. The molecule has 2 rings (SSSR count). The zero-order valence-electron chi connectivity index (χ0n) is 8.76. The van der Waals surface area contributed by atoms with Crippen molar-refractivity contribution in [1.82, 2.24) is 4.98 Å². The zero-order valence-corrected chi connectivity index (χ0v) is 8.76. The number of halogens is 3. The van der Waals surface area contributed by atoms with Crippen LogP contribution in [0.1, 0.15) is 12.1 Å². The SMILES string of the molecule is COc1ccc(F)c2[nH]c(C(F)F)cc(=O)c12. The van der Waals surface area contributed by atoms with Crippen LogP contribution in [0.15, 0.2) is 23.0 Å². The van der Waals surface area contributed by atoms with E-state index in [1.165, 1.54) is 13.2 Å². The van der Waals surface area contributed by atoms with Crippen LogP contribution in [0.4, 0.5) is 13.2 Å². The average Bonchev–Trinajstić information content (AvgIpc) is 2.30. The monoisotopic (exact) mass is 243 g/mol. The highest BCUT2D eigenvalue weighted by molar-refractivity contribution is 5.85. The maximum Gasteiger partial charge on any atom is 0.278 e. The van der Waals surface area contributed by atoms with Gasteiger partial charge in [0.05, 0.1) is 23.7 Å². The van der Waals surface area contributed by atoms with E-state index in [0.29, 0.717) is 0 Å². The summed E-state index contributed by atoms with van der Waals surface area (Å²) in [6.45, 7) is 0. The summed E-state index contributed by atoms with van der Waals surface area (Å²) in [6.07, 6.45) is -2.86. The number of fused-ring (bicyclic) bond motifs is 1. The fraction of sp³-hybridized carbons (Fsp3) is 0.182. The number of pyridine rings is 1. The summed E-state index contributed by atoms with van der Waals surface area (Å²) in [4.78, 5) is 13.8. The third-order valence-electron chi connectivity index (χ3n) is 2.37. The molecule has 1 heterocycles. The average molecular weight is 243 g/mol. The largest absolute Gasteiger partial charge is 0.496 e. The van der Waals surface area contributed by atoms with Gasteiger partial charge in [0.2, 0.25) is 0 Å². The van der Waals surface area contributed by atoms with Gasteiger partial charge in [-0.25, -0.2) is 13.2 Å². The molecular weight excluding hydrogens is 235 g/mol. The molecule has 1 aromatic heterocycles. The molecule has 17 heavy (non-hydrogen) atoms. The molecule has 0 unspecified atom stereocenters. The van der Waals surface area contributed by atoms with Gasteiger partial charge in [0, 0.05) is 6.07 Å². The van der Waals surface area contributed by atoms with Crippen LogP contribution in [0.5, 0.6) is 5.75 Å². The molecule has 0 amide bonds. The third-order valence-corrected chi connectivity index (χ3v) is 2.37. The lowest BCUT2D eigenvalue weighted by atomic mass is 10.1. The molecule has 0 saturated carbocycles. The minimum absolute atomic E-state index is 0.0723. The van der Waals surface area contributed by atoms with E-state index in [-0.39, 0.29) is 16.7 Å². The van der Waals surface area contributed by atoms with Crippen molar-refractivity contribution in [2.45, 2.75) is 6.43 Å². The summed E-state index contributed by atoms with van der Waals surface area (Å²) >= 11 is 0. The van der Waals surface area contributed by atoms with E-state index >= 15 is 0 Å². The number of H-pyrrole nitrogens is 1. The first kappa shape index (κ1) is 11.5. The molecule has 0 aliphatic heterocycles. The molecule has 0 bridgehead atoms. The molecule has 0 saturated heterocycles. The Morgan fingerprint density at radius 1 is 1.35 bits per heavy atom. The van der Waals surface area contributed by atoms with Crippen molar-refractivity contribution >= 4 is 10.9 Å². The zero-order chi connectivity index (χ0) is 12.6. The lowest BCUT2D eigenvalue weighted by Gasteiger charge is -2.07. The number of aromatic nitrogens is 1. The molecule has 1 aromatic carbocycles. The Bertz CT molecular complexity index is 622. The van der Waals surface area contributed by atoms with E-state index in [1.54, 1.807) is 0 Å². The molecular formula is C11H8F3NO2. The second kappa shape index (κ2) is 4.12. The van der Waals surface area contributed by atoms with Crippen LogP contribution in [0.25, 0.3) is 10.9 Å². The Balaban J connectivity index is 2.89. The van der Waals surface area contributed by atoms with Crippen molar-refractivity contribution in [3.8, 4) is 5.75 Å². The smallest absolute Gasteiger partial charge is 0.278 e. The highest BCUT2D eigenvalue weighted by atomic mass is 19.3. The third kappa shape index (κ3) is 1.86. The molecule has 0 spiro atoms. The highest BCUT2D eigenvalue weighted by Gasteiger charge is 2.15. The topological polar surface area (TPSA) is 42.1 Å². The van der Waals surface area contributed by atoms with E-state index < -0.39 is 23.4 Å². The first-order chi connectivity index (χ1) is 8.04. The summed E-state index contributed by atoms with van der Waals surface area (Å²) in [7, 11) is 1.31. The van der Waals surface area contributed by atoms with Crippen LogP contribution in [-0.2, 0) is 0 Å².